The van der Waals surface area contributed by atoms with Gasteiger partial charge in [-0.3, -0.25) is 4.79 Å². The van der Waals surface area contributed by atoms with Crippen molar-refractivity contribution in [3.8, 4) is 11.5 Å². The summed E-state index contributed by atoms with van der Waals surface area (Å²) in [6, 6.07) is 9.54. The first kappa shape index (κ1) is 14.9. The van der Waals surface area contributed by atoms with E-state index in [4.69, 9.17) is 9.47 Å². The molecule has 1 aromatic heterocycles. The van der Waals surface area contributed by atoms with E-state index >= 15 is 0 Å². The molecule has 0 unspecified atom stereocenters. The normalized spacial score (nSPS) is 15.0. The summed E-state index contributed by atoms with van der Waals surface area (Å²) in [5.74, 6) is 1.27. The molecule has 0 saturated heterocycles. The van der Waals surface area contributed by atoms with Crippen molar-refractivity contribution < 1.29 is 14.3 Å². The van der Waals surface area contributed by atoms with Crippen LogP contribution < -0.4 is 14.8 Å². The van der Waals surface area contributed by atoms with E-state index < -0.39 is 0 Å². The quantitative estimate of drug-likeness (QED) is 0.941. The maximum Gasteiger partial charge on any atom is 0.251 e. The van der Waals surface area contributed by atoms with E-state index in [9.17, 15) is 4.79 Å². The smallest absolute Gasteiger partial charge is 0.251 e. The maximum absolute atomic E-state index is 12.4. The van der Waals surface area contributed by atoms with Crippen molar-refractivity contribution in [1.82, 2.24) is 5.32 Å². The molecule has 1 N–H and O–H groups in total. The molecule has 2 aromatic rings. The zero-order valence-corrected chi connectivity index (χ0v) is 13.3. The van der Waals surface area contributed by atoms with Gasteiger partial charge in [0, 0.05) is 29.3 Å². The molecule has 0 bridgehead atoms. The van der Waals surface area contributed by atoms with Crippen molar-refractivity contribution in [2.45, 2.75) is 25.8 Å². The number of thiophene rings is 1. The number of fused-ring (bicyclic) bond motifs is 1. The van der Waals surface area contributed by atoms with Gasteiger partial charge in [-0.15, -0.1) is 11.3 Å². The van der Waals surface area contributed by atoms with E-state index in [2.05, 4.69) is 11.4 Å². The van der Waals surface area contributed by atoms with E-state index in [0.29, 0.717) is 30.3 Å². The van der Waals surface area contributed by atoms with Gasteiger partial charge < -0.3 is 14.8 Å². The third kappa shape index (κ3) is 3.60. The molecule has 5 heteroatoms. The van der Waals surface area contributed by atoms with Gasteiger partial charge in [0.25, 0.3) is 5.91 Å². The van der Waals surface area contributed by atoms with Crippen LogP contribution in [0.4, 0.5) is 0 Å². The van der Waals surface area contributed by atoms with Crippen LogP contribution in [0.3, 0.4) is 0 Å². The van der Waals surface area contributed by atoms with E-state index in [1.165, 1.54) is 4.88 Å². The van der Waals surface area contributed by atoms with Crippen LogP contribution in [0, 0.1) is 0 Å². The van der Waals surface area contributed by atoms with Crippen molar-refractivity contribution in [2.75, 3.05) is 13.2 Å². The van der Waals surface area contributed by atoms with Gasteiger partial charge >= 0.3 is 0 Å². The Morgan fingerprint density at radius 2 is 2.09 bits per heavy atom. The molecule has 0 spiro atoms. The summed E-state index contributed by atoms with van der Waals surface area (Å²) >= 11 is 1.71. The Bertz CT molecular complexity index is 639. The number of hydrogen-bond donors (Lipinski definition) is 1. The van der Waals surface area contributed by atoms with E-state index in [1.807, 2.05) is 18.4 Å². The molecular formula is C17H19NO3S. The first-order valence-electron chi connectivity index (χ1n) is 7.45. The number of benzene rings is 1. The SMILES string of the molecule is C[C@H](Cc1cccs1)NC(=O)c1ccc2c(c1)OCCCO2. The summed E-state index contributed by atoms with van der Waals surface area (Å²) in [6.45, 7) is 3.28. The van der Waals surface area contributed by atoms with Gasteiger partial charge in [0.2, 0.25) is 0 Å². The van der Waals surface area contributed by atoms with Gasteiger partial charge in [0.05, 0.1) is 13.2 Å². The highest BCUT2D eigenvalue weighted by molar-refractivity contribution is 7.09. The molecule has 1 atom stereocenters. The lowest BCUT2D eigenvalue weighted by atomic mass is 10.1. The molecule has 0 radical (unpaired) electrons. The Hall–Kier alpha value is -2.01. The Morgan fingerprint density at radius 3 is 2.86 bits per heavy atom. The second-order valence-electron chi connectivity index (χ2n) is 5.37. The van der Waals surface area contributed by atoms with Gasteiger partial charge in [-0.05, 0) is 36.6 Å². The van der Waals surface area contributed by atoms with Gasteiger partial charge in [0.15, 0.2) is 11.5 Å². The summed E-state index contributed by atoms with van der Waals surface area (Å²) in [5, 5.41) is 5.08. The fourth-order valence-electron chi connectivity index (χ4n) is 2.39. The fraction of sp³-hybridized carbons (Fsp3) is 0.353. The second-order valence-corrected chi connectivity index (χ2v) is 6.40. The number of rotatable bonds is 4. The minimum Gasteiger partial charge on any atom is -0.490 e. The predicted molar refractivity (Wildman–Crippen MR) is 87.0 cm³/mol. The van der Waals surface area contributed by atoms with Gasteiger partial charge in [-0.25, -0.2) is 0 Å². The summed E-state index contributed by atoms with van der Waals surface area (Å²) < 4.78 is 11.2. The van der Waals surface area contributed by atoms with E-state index in [1.54, 1.807) is 29.5 Å². The van der Waals surface area contributed by atoms with Gasteiger partial charge in [-0.2, -0.15) is 0 Å². The van der Waals surface area contributed by atoms with Crippen molar-refractivity contribution in [3.63, 3.8) is 0 Å². The molecule has 1 aliphatic heterocycles. The Morgan fingerprint density at radius 1 is 1.27 bits per heavy atom. The molecule has 0 aliphatic carbocycles. The van der Waals surface area contributed by atoms with Crippen molar-refractivity contribution in [2.24, 2.45) is 0 Å². The first-order chi connectivity index (χ1) is 10.7. The zero-order chi connectivity index (χ0) is 15.4. The van der Waals surface area contributed by atoms with Crippen LogP contribution in [-0.4, -0.2) is 25.2 Å². The molecule has 1 amide bonds. The largest absolute Gasteiger partial charge is 0.490 e. The average Bonchev–Trinajstić information content (AvgIpc) is 2.89. The maximum atomic E-state index is 12.4. The van der Waals surface area contributed by atoms with E-state index in [-0.39, 0.29) is 11.9 Å². The van der Waals surface area contributed by atoms with Gasteiger partial charge in [-0.1, -0.05) is 6.07 Å². The molecule has 22 heavy (non-hydrogen) atoms. The van der Waals surface area contributed by atoms with Crippen molar-refractivity contribution in [1.29, 1.82) is 0 Å². The molecule has 0 saturated carbocycles. The highest BCUT2D eigenvalue weighted by Gasteiger charge is 2.15. The Labute approximate surface area is 134 Å². The monoisotopic (exact) mass is 317 g/mol. The highest BCUT2D eigenvalue weighted by Crippen LogP contribution is 2.30. The highest BCUT2D eigenvalue weighted by atomic mass is 32.1. The number of ether oxygens (including phenoxy) is 2. The third-order valence-electron chi connectivity index (χ3n) is 3.47. The van der Waals surface area contributed by atoms with E-state index in [0.717, 1.165) is 12.8 Å². The van der Waals surface area contributed by atoms with Crippen LogP contribution in [0.1, 0.15) is 28.6 Å². The molecular weight excluding hydrogens is 298 g/mol. The molecule has 0 fully saturated rings. The summed E-state index contributed by atoms with van der Waals surface area (Å²) in [5.41, 5.74) is 0.599. The molecule has 2 heterocycles. The van der Waals surface area contributed by atoms with Crippen LogP contribution in [0.2, 0.25) is 0 Å². The van der Waals surface area contributed by atoms with Crippen LogP contribution in [0.25, 0.3) is 0 Å². The lowest BCUT2D eigenvalue weighted by molar-refractivity contribution is 0.0939. The van der Waals surface area contributed by atoms with Crippen molar-refractivity contribution >= 4 is 17.2 Å². The van der Waals surface area contributed by atoms with Crippen LogP contribution in [0.5, 0.6) is 11.5 Å². The summed E-state index contributed by atoms with van der Waals surface area (Å²) in [6.07, 6.45) is 1.70. The van der Waals surface area contributed by atoms with Crippen LogP contribution in [0.15, 0.2) is 35.7 Å². The topological polar surface area (TPSA) is 47.6 Å². The molecule has 4 nitrogen and oxygen atoms in total. The first-order valence-corrected chi connectivity index (χ1v) is 8.33. The number of nitrogens with one attached hydrogen (secondary N) is 1. The molecule has 1 aromatic carbocycles. The predicted octanol–water partition coefficient (Wildman–Crippen LogP) is 3.27. The number of carbonyl (C=O) groups is 1. The molecule has 3 rings (SSSR count). The Kier molecular flexibility index (Phi) is 4.63. The average molecular weight is 317 g/mol. The number of hydrogen-bond acceptors (Lipinski definition) is 4. The minimum atomic E-state index is -0.0836. The fourth-order valence-corrected chi connectivity index (χ4v) is 3.23. The zero-order valence-electron chi connectivity index (χ0n) is 12.5. The second kappa shape index (κ2) is 6.83. The summed E-state index contributed by atoms with van der Waals surface area (Å²) in [4.78, 5) is 13.6. The number of amides is 1. The van der Waals surface area contributed by atoms with Crippen LogP contribution in [-0.2, 0) is 6.42 Å². The summed E-state index contributed by atoms with van der Waals surface area (Å²) in [7, 11) is 0. The minimum absolute atomic E-state index is 0.0836. The van der Waals surface area contributed by atoms with Gasteiger partial charge in [0.1, 0.15) is 0 Å². The lowest BCUT2D eigenvalue weighted by Gasteiger charge is -2.14. The Balaban J connectivity index is 1.65. The number of carbonyl (C=O) groups excluding carboxylic acids is 1. The molecule has 1 aliphatic rings. The lowest BCUT2D eigenvalue weighted by Crippen LogP contribution is -2.33. The molecule has 116 valence electrons. The third-order valence-corrected chi connectivity index (χ3v) is 4.37. The standard InChI is InChI=1S/C17H19NO3S/c1-12(10-14-4-2-9-22-14)18-17(19)13-5-6-15-16(11-13)21-8-3-7-20-15/h2,4-6,9,11-12H,3,7-8,10H2,1H3,(H,18,19)/t12-/m1/s1. The van der Waals surface area contributed by atoms with Crippen molar-refractivity contribution in [3.05, 3.63) is 46.2 Å². The van der Waals surface area contributed by atoms with Crippen LogP contribution >= 0.6 is 11.3 Å².